The van der Waals surface area contributed by atoms with Gasteiger partial charge in [0.2, 0.25) is 5.91 Å². The molecule has 0 N–H and O–H groups in total. The van der Waals surface area contributed by atoms with Crippen molar-refractivity contribution in [2.45, 2.75) is 23.8 Å². The number of sulfone groups is 1. The number of rotatable bonds is 5. The largest absolute Gasteiger partial charge is 0.335 e. The lowest BCUT2D eigenvalue weighted by Gasteiger charge is -2.41. The van der Waals surface area contributed by atoms with E-state index in [0.29, 0.717) is 6.54 Å². The molecular formula is C18H18FNO3S. The van der Waals surface area contributed by atoms with Crippen LogP contribution in [0.15, 0.2) is 59.5 Å². The predicted octanol–water partition coefficient (Wildman–Crippen LogP) is 2.96. The summed E-state index contributed by atoms with van der Waals surface area (Å²) >= 11 is 0. The minimum absolute atomic E-state index is 0.0467. The first-order valence-electron chi connectivity index (χ1n) is 7.80. The van der Waals surface area contributed by atoms with Crippen LogP contribution in [0.1, 0.15) is 24.4 Å². The Bertz CT molecular complexity index is 819. The van der Waals surface area contributed by atoms with Gasteiger partial charge in [0.05, 0.1) is 16.7 Å². The maximum Gasteiger partial charge on any atom is 0.224 e. The molecule has 0 aromatic heterocycles. The monoisotopic (exact) mass is 347 g/mol. The van der Waals surface area contributed by atoms with Gasteiger partial charge in [-0.2, -0.15) is 0 Å². The van der Waals surface area contributed by atoms with Crippen LogP contribution in [0.4, 0.5) is 4.39 Å². The molecule has 0 saturated carbocycles. The molecule has 1 heterocycles. The second-order valence-corrected chi connectivity index (χ2v) is 7.93. The van der Waals surface area contributed by atoms with Gasteiger partial charge in [0.1, 0.15) is 5.82 Å². The zero-order chi connectivity index (χ0) is 17.2. The van der Waals surface area contributed by atoms with Gasteiger partial charge in [-0.05, 0) is 36.2 Å². The fourth-order valence-corrected chi connectivity index (χ4v) is 4.08. The number of hydrogen-bond donors (Lipinski definition) is 0. The Kier molecular flexibility index (Phi) is 4.66. The second kappa shape index (κ2) is 6.73. The van der Waals surface area contributed by atoms with Crippen LogP contribution < -0.4 is 0 Å². The molecule has 0 bridgehead atoms. The van der Waals surface area contributed by atoms with Crippen molar-refractivity contribution in [3.8, 4) is 0 Å². The standard InChI is InChI=1S/C18H18FNO3S/c19-15-8-6-14(7-9-15)17-10-12-20(17)18(21)11-13-24(22,23)16-4-2-1-3-5-16/h1-9,17H,10-13H2. The quantitative estimate of drug-likeness (QED) is 0.836. The SMILES string of the molecule is O=C(CCS(=O)(=O)c1ccccc1)N1CCC1c1ccc(F)cc1. The molecular weight excluding hydrogens is 329 g/mol. The van der Waals surface area contributed by atoms with E-state index in [4.69, 9.17) is 0 Å². The molecule has 1 aliphatic rings. The summed E-state index contributed by atoms with van der Waals surface area (Å²) in [5.74, 6) is -0.706. The van der Waals surface area contributed by atoms with Crippen LogP contribution in [0.2, 0.25) is 0 Å². The molecule has 1 saturated heterocycles. The summed E-state index contributed by atoms with van der Waals surface area (Å²) in [4.78, 5) is 14.2. The molecule has 24 heavy (non-hydrogen) atoms. The Morgan fingerprint density at radius 1 is 1.08 bits per heavy atom. The van der Waals surface area contributed by atoms with Gasteiger partial charge >= 0.3 is 0 Å². The van der Waals surface area contributed by atoms with E-state index in [9.17, 15) is 17.6 Å². The summed E-state index contributed by atoms with van der Waals surface area (Å²) in [7, 11) is -3.46. The fraction of sp³-hybridized carbons (Fsp3) is 0.278. The zero-order valence-corrected chi connectivity index (χ0v) is 13.9. The average Bonchev–Trinajstić information content (AvgIpc) is 2.55. The number of carbonyl (C=O) groups excluding carboxylic acids is 1. The number of amides is 1. The van der Waals surface area contributed by atoms with Crippen molar-refractivity contribution in [1.82, 2.24) is 4.90 Å². The Morgan fingerprint density at radius 3 is 2.33 bits per heavy atom. The number of carbonyl (C=O) groups is 1. The van der Waals surface area contributed by atoms with Gasteiger partial charge in [-0.1, -0.05) is 30.3 Å². The minimum atomic E-state index is -3.46. The fourth-order valence-electron chi connectivity index (χ4n) is 2.83. The molecule has 2 aromatic carbocycles. The van der Waals surface area contributed by atoms with Gasteiger partial charge in [0, 0.05) is 13.0 Å². The van der Waals surface area contributed by atoms with E-state index in [1.807, 2.05) is 0 Å². The van der Waals surface area contributed by atoms with Crippen LogP contribution in [0, 0.1) is 5.82 Å². The van der Waals surface area contributed by atoms with Crippen molar-refractivity contribution in [3.05, 3.63) is 66.0 Å². The van der Waals surface area contributed by atoms with Gasteiger partial charge in [-0.25, -0.2) is 12.8 Å². The van der Waals surface area contributed by atoms with Crippen LogP contribution in [0.3, 0.4) is 0 Å². The van der Waals surface area contributed by atoms with Crippen LogP contribution in [-0.2, 0) is 14.6 Å². The first kappa shape index (κ1) is 16.6. The van der Waals surface area contributed by atoms with Crippen molar-refractivity contribution in [2.24, 2.45) is 0 Å². The summed E-state index contributed by atoms with van der Waals surface area (Å²) in [5.41, 5.74) is 0.877. The van der Waals surface area contributed by atoms with Crippen molar-refractivity contribution in [2.75, 3.05) is 12.3 Å². The lowest BCUT2D eigenvalue weighted by Crippen LogP contribution is -2.45. The summed E-state index contributed by atoms with van der Waals surface area (Å²) in [6.45, 7) is 0.603. The third-order valence-corrected chi connectivity index (χ3v) is 6.01. The third kappa shape index (κ3) is 3.48. The first-order chi connectivity index (χ1) is 11.5. The molecule has 1 atom stereocenters. The van der Waals surface area contributed by atoms with Crippen molar-refractivity contribution in [1.29, 1.82) is 0 Å². The molecule has 1 aliphatic heterocycles. The molecule has 2 aromatic rings. The Labute approximate surface area is 140 Å². The van der Waals surface area contributed by atoms with Crippen molar-refractivity contribution >= 4 is 15.7 Å². The number of nitrogens with zero attached hydrogens (tertiary/aromatic N) is 1. The van der Waals surface area contributed by atoms with E-state index < -0.39 is 9.84 Å². The lowest BCUT2D eigenvalue weighted by molar-refractivity contribution is -0.138. The first-order valence-corrected chi connectivity index (χ1v) is 9.45. The molecule has 6 heteroatoms. The van der Waals surface area contributed by atoms with Gasteiger partial charge < -0.3 is 4.90 Å². The highest BCUT2D eigenvalue weighted by Gasteiger charge is 2.33. The van der Waals surface area contributed by atoms with Crippen molar-refractivity contribution in [3.63, 3.8) is 0 Å². The topological polar surface area (TPSA) is 54.5 Å². The van der Waals surface area contributed by atoms with Crippen LogP contribution >= 0.6 is 0 Å². The normalized spacial score (nSPS) is 17.4. The molecule has 1 amide bonds. The summed E-state index contributed by atoms with van der Waals surface area (Å²) < 4.78 is 37.5. The average molecular weight is 347 g/mol. The number of hydrogen-bond acceptors (Lipinski definition) is 3. The number of likely N-dealkylation sites (tertiary alicyclic amines) is 1. The van der Waals surface area contributed by atoms with E-state index >= 15 is 0 Å². The van der Waals surface area contributed by atoms with E-state index in [1.165, 1.54) is 24.3 Å². The van der Waals surface area contributed by atoms with E-state index in [1.54, 1.807) is 35.2 Å². The maximum absolute atomic E-state index is 13.0. The molecule has 1 fully saturated rings. The number of halogens is 1. The maximum atomic E-state index is 13.0. The molecule has 126 valence electrons. The Hall–Kier alpha value is -2.21. The van der Waals surface area contributed by atoms with E-state index in [-0.39, 0.29) is 34.8 Å². The molecule has 1 unspecified atom stereocenters. The minimum Gasteiger partial charge on any atom is -0.335 e. The second-order valence-electron chi connectivity index (χ2n) is 5.83. The summed E-state index contributed by atoms with van der Waals surface area (Å²) in [5, 5.41) is 0. The van der Waals surface area contributed by atoms with Crippen LogP contribution in [0.25, 0.3) is 0 Å². The summed E-state index contributed by atoms with van der Waals surface area (Å²) in [6, 6.07) is 14.1. The smallest absolute Gasteiger partial charge is 0.224 e. The number of benzene rings is 2. The molecule has 0 spiro atoms. The van der Waals surface area contributed by atoms with Crippen LogP contribution in [-0.4, -0.2) is 31.5 Å². The molecule has 0 aliphatic carbocycles. The lowest BCUT2D eigenvalue weighted by atomic mass is 9.94. The molecule has 0 radical (unpaired) electrons. The van der Waals surface area contributed by atoms with Crippen molar-refractivity contribution < 1.29 is 17.6 Å². The van der Waals surface area contributed by atoms with Gasteiger partial charge in [-0.15, -0.1) is 0 Å². The van der Waals surface area contributed by atoms with Gasteiger partial charge in [0.15, 0.2) is 9.84 Å². The summed E-state index contributed by atoms with van der Waals surface area (Å²) in [6.07, 6.45) is 0.762. The van der Waals surface area contributed by atoms with Gasteiger partial charge in [-0.3, -0.25) is 4.79 Å². The highest BCUT2D eigenvalue weighted by atomic mass is 32.2. The highest BCUT2D eigenvalue weighted by Crippen LogP contribution is 2.33. The Morgan fingerprint density at radius 2 is 1.75 bits per heavy atom. The highest BCUT2D eigenvalue weighted by molar-refractivity contribution is 7.91. The van der Waals surface area contributed by atoms with Crippen LogP contribution in [0.5, 0.6) is 0 Å². The Balaban J connectivity index is 1.62. The molecule has 4 nitrogen and oxygen atoms in total. The van der Waals surface area contributed by atoms with E-state index in [0.717, 1.165) is 12.0 Å². The third-order valence-electron chi connectivity index (χ3n) is 4.28. The zero-order valence-electron chi connectivity index (χ0n) is 13.1. The van der Waals surface area contributed by atoms with E-state index in [2.05, 4.69) is 0 Å². The predicted molar refractivity (Wildman–Crippen MR) is 88.6 cm³/mol. The molecule has 3 rings (SSSR count). The van der Waals surface area contributed by atoms with Gasteiger partial charge in [0.25, 0.3) is 0 Å².